The zero-order valence-corrected chi connectivity index (χ0v) is 14.0. The minimum absolute atomic E-state index is 0.0871. The standard InChI is InChI=1S/C18H25N3O2/c1-13-8-14(2)10-15(9-13)18(23)20-6-3-4-16(12-20)21-7-5-19-11-17(21)22/h8-10,16,19H,3-7,11-12H2,1-2H3. The van der Waals surface area contributed by atoms with Crippen molar-refractivity contribution >= 4 is 11.8 Å². The van der Waals surface area contributed by atoms with E-state index in [-0.39, 0.29) is 17.9 Å². The zero-order chi connectivity index (χ0) is 16.4. The molecule has 1 aromatic rings. The van der Waals surface area contributed by atoms with Crippen LogP contribution in [0.2, 0.25) is 0 Å². The number of piperazine rings is 1. The summed E-state index contributed by atoms with van der Waals surface area (Å²) in [6.07, 6.45) is 1.95. The minimum Gasteiger partial charge on any atom is -0.337 e. The molecule has 3 rings (SSSR count). The quantitative estimate of drug-likeness (QED) is 0.896. The number of nitrogens with zero attached hydrogens (tertiary/aromatic N) is 2. The second-order valence-electron chi connectivity index (χ2n) is 6.69. The number of carbonyl (C=O) groups excluding carboxylic acids is 2. The summed E-state index contributed by atoms with van der Waals surface area (Å²) < 4.78 is 0. The van der Waals surface area contributed by atoms with E-state index in [2.05, 4.69) is 11.4 Å². The highest BCUT2D eigenvalue weighted by Crippen LogP contribution is 2.20. The van der Waals surface area contributed by atoms with Crippen LogP contribution in [-0.4, -0.2) is 60.4 Å². The van der Waals surface area contributed by atoms with Gasteiger partial charge in [-0.1, -0.05) is 17.2 Å². The third-order valence-electron chi connectivity index (χ3n) is 4.72. The van der Waals surface area contributed by atoms with Crippen molar-refractivity contribution in [2.45, 2.75) is 32.7 Å². The van der Waals surface area contributed by atoms with Gasteiger partial charge in [-0.2, -0.15) is 0 Å². The van der Waals surface area contributed by atoms with Crippen molar-refractivity contribution in [1.82, 2.24) is 15.1 Å². The summed E-state index contributed by atoms with van der Waals surface area (Å²) in [5.41, 5.74) is 2.98. The Labute approximate surface area is 137 Å². The lowest BCUT2D eigenvalue weighted by molar-refractivity contribution is -0.135. The molecule has 1 aromatic carbocycles. The number of rotatable bonds is 2. The Kier molecular flexibility index (Phi) is 4.66. The highest BCUT2D eigenvalue weighted by Gasteiger charge is 2.31. The molecule has 0 spiro atoms. The summed E-state index contributed by atoms with van der Waals surface area (Å²) in [4.78, 5) is 28.8. The molecule has 124 valence electrons. The van der Waals surface area contributed by atoms with E-state index >= 15 is 0 Å². The largest absolute Gasteiger partial charge is 0.337 e. The van der Waals surface area contributed by atoms with E-state index in [0.717, 1.165) is 49.2 Å². The van der Waals surface area contributed by atoms with Crippen LogP contribution in [0, 0.1) is 13.8 Å². The van der Waals surface area contributed by atoms with Gasteiger partial charge in [-0.25, -0.2) is 0 Å². The molecule has 1 N–H and O–H groups in total. The molecule has 2 aliphatic heterocycles. The smallest absolute Gasteiger partial charge is 0.253 e. The topological polar surface area (TPSA) is 52.7 Å². The van der Waals surface area contributed by atoms with Crippen LogP contribution in [0.5, 0.6) is 0 Å². The molecule has 5 nitrogen and oxygen atoms in total. The van der Waals surface area contributed by atoms with E-state index in [1.807, 2.05) is 35.8 Å². The Hall–Kier alpha value is -1.88. The van der Waals surface area contributed by atoms with Crippen LogP contribution in [0.25, 0.3) is 0 Å². The van der Waals surface area contributed by atoms with Gasteiger partial charge in [0.15, 0.2) is 0 Å². The second kappa shape index (κ2) is 6.71. The van der Waals surface area contributed by atoms with Gasteiger partial charge in [-0.3, -0.25) is 9.59 Å². The van der Waals surface area contributed by atoms with E-state index in [0.29, 0.717) is 13.1 Å². The first-order valence-corrected chi connectivity index (χ1v) is 8.42. The first kappa shape index (κ1) is 16.0. The van der Waals surface area contributed by atoms with E-state index in [9.17, 15) is 9.59 Å². The van der Waals surface area contributed by atoms with Gasteiger partial charge >= 0.3 is 0 Å². The van der Waals surface area contributed by atoms with Gasteiger partial charge < -0.3 is 15.1 Å². The normalized spacial score (nSPS) is 22.3. The average Bonchev–Trinajstić information content (AvgIpc) is 2.54. The summed E-state index contributed by atoms with van der Waals surface area (Å²) in [5, 5.41) is 3.10. The van der Waals surface area contributed by atoms with Crippen LogP contribution >= 0.6 is 0 Å². The molecule has 1 unspecified atom stereocenters. The summed E-state index contributed by atoms with van der Waals surface area (Å²) in [5.74, 6) is 0.242. The van der Waals surface area contributed by atoms with Crippen molar-refractivity contribution in [2.75, 3.05) is 32.7 Å². The number of amides is 2. The molecule has 5 heteroatoms. The monoisotopic (exact) mass is 315 g/mol. The Morgan fingerprint density at radius 1 is 1.17 bits per heavy atom. The summed E-state index contributed by atoms with van der Waals surface area (Å²) in [7, 11) is 0. The molecule has 0 radical (unpaired) electrons. The Balaban J connectivity index is 1.72. The molecule has 23 heavy (non-hydrogen) atoms. The van der Waals surface area contributed by atoms with E-state index in [1.165, 1.54) is 0 Å². The fraction of sp³-hybridized carbons (Fsp3) is 0.556. The number of hydrogen-bond acceptors (Lipinski definition) is 3. The van der Waals surface area contributed by atoms with E-state index in [1.54, 1.807) is 0 Å². The van der Waals surface area contributed by atoms with Gasteiger partial charge in [-0.05, 0) is 38.8 Å². The number of hydrogen-bond donors (Lipinski definition) is 1. The van der Waals surface area contributed by atoms with Gasteiger partial charge in [0.2, 0.25) is 5.91 Å². The molecule has 2 amide bonds. The van der Waals surface area contributed by atoms with Gasteiger partial charge in [0, 0.05) is 37.8 Å². The number of benzene rings is 1. The van der Waals surface area contributed by atoms with Gasteiger partial charge in [-0.15, -0.1) is 0 Å². The van der Waals surface area contributed by atoms with Crippen LogP contribution in [0.3, 0.4) is 0 Å². The van der Waals surface area contributed by atoms with Crippen LogP contribution in [0.1, 0.15) is 34.3 Å². The maximum Gasteiger partial charge on any atom is 0.253 e. The van der Waals surface area contributed by atoms with Crippen molar-refractivity contribution in [3.63, 3.8) is 0 Å². The molecular formula is C18H25N3O2. The van der Waals surface area contributed by atoms with Crippen molar-refractivity contribution in [2.24, 2.45) is 0 Å². The first-order chi connectivity index (χ1) is 11.0. The third kappa shape index (κ3) is 3.55. The van der Waals surface area contributed by atoms with Crippen molar-refractivity contribution in [3.8, 4) is 0 Å². The summed E-state index contributed by atoms with van der Waals surface area (Å²) in [6, 6.07) is 6.15. The summed E-state index contributed by atoms with van der Waals surface area (Å²) in [6.45, 7) is 7.47. The number of aryl methyl sites for hydroxylation is 2. The van der Waals surface area contributed by atoms with Crippen molar-refractivity contribution in [3.05, 3.63) is 34.9 Å². The predicted octanol–water partition coefficient (Wildman–Crippen LogP) is 1.34. The van der Waals surface area contributed by atoms with Crippen LogP contribution < -0.4 is 5.32 Å². The fourth-order valence-corrected chi connectivity index (χ4v) is 3.68. The number of likely N-dealkylation sites (tertiary alicyclic amines) is 1. The zero-order valence-electron chi connectivity index (χ0n) is 14.0. The number of piperidine rings is 1. The van der Waals surface area contributed by atoms with Crippen LogP contribution in [0.15, 0.2) is 18.2 Å². The van der Waals surface area contributed by atoms with Crippen LogP contribution in [0.4, 0.5) is 0 Å². The van der Waals surface area contributed by atoms with Crippen molar-refractivity contribution in [1.29, 1.82) is 0 Å². The molecule has 2 heterocycles. The minimum atomic E-state index is 0.0871. The number of nitrogens with one attached hydrogen (secondary N) is 1. The molecule has 0 bridgehead atoms. The first-order valence-electron chi connectivity index (χ1n) is 8.42. The van der Waals surface area contributed by atoms with Crippen molar-refractivity contribution < 1.29 is 9.59 Å². The van der Waals surface area contributed by atoms with E-state index < -0.39 is 0 Å². The highest BCUT2D eigenvalue weighted by molar-refractivity contribution is 5.94. The molecule has 0 aliphatic carbocycles. The molecular weight excluding hydrogens is 290 g/mol. The predicted molar refractivity (Wildman–Crippen MR) is 89.4 cm³/mol. The lowest BCUT2D eigenvalue weighted by Gasteiger charge is -2.41. The van der Waals surface area contributed by atoms with Crippen LogP contribution in [-0.2, 0) is 4.79 Å². The van der Waals surface area contributed by atoms with Gasteiger partial charge in [0.05, 0.1) is 6.54 Å². The molecule has 2 saturated heterocycles. The highest BCUT2D eigenvalue weighted by atomic mass is 16.2. The second-order valence-corrected chi connectivity index (χ2v) is 6.69. The third-order valence-corrected chi connectivity index (χ3v) is 4.72. The fourth-order valence-electron chi connectivity index (χ4n) is 3.68. The molecule has 2 fully saturated rings. The Morgan fingerprint density at radius 2 is 1.91 bits per heavy atom. The molecule has 0 aromatic heterocycles. The average molecular weight is 315 g/mol. The van der Waals surface area contributed by atoms with Gasteiger partial charge in [0.1, 0.15) is 0 Å². The summed E-state index contributed by atoms with van der Waals surface area (Å²) >= 11 is 0. The number of carbonyl (C=O) groups is 2. The maximum absolute atomic E-state index is 12.8. The molecule has 2 aliphatic rings. The SMILES string of the molecule is Cc1cc(C)cc(C(=O)N2CCCC(N3CCNCC3=O)C2)c1. The lowest BCUT2D eigenvalue weighted by Crippen LogP contribution is -2.57. The lowest BCUT2D eigenvalue weighted by atomic mass is 10.0. The maximum atomic E-state index is 12.8. The van der Waals surface area contributed by atoms with Gasteiger partial charge in [0.25, 0.3) is 5.91 Å². The Bertz CT molecular complexity index is 594. The molecule has 0 saturated carbocycles. The Morgan fingerprint density at radius 3 is 2.61 bits per heavy atom. The van der Waals surface area contributed by atoms with E-state index in [4.69, 9.17) is 0 Å². The molecule has 1 atom stereocenters.